The molecule has 1 aromatic rings. The summed E-state index contributed by atoms with van der Waals surface area (Å²) in [5.41, 5.74) is 0. The maximum absolute atomic E-state index is 12.8. The molecule has 0 aromatic heterocycles. The van der Waals surface area contributed by atoms with Crippen LogP contribution in [-0.4, -0.2) is 31.1 Å². The minimum atomic E-state index is -3.69. The van der Waals surface area contributed by atoms with Crippen molar-refractivity contribution in [3.8, 4) is 0 Å². The van der Waals surface area contributed by atoms with Gasteiger partial charge in [0, 0.05) is 29.1 Å². The third kappa shape index (κ3) is 3.97. The quantitative estimate of drug-likeness (QED) is 0.835. The van der Waals surface area contributed by atoms with Crippen molar-refractivity contribution in [1.82, 2.24) is 4.31 Å². The highest BCUT2D eigenvalue weighted by Crippen LogP contribution is 2.30. The van der Waals surface area contributed by atoms with Crippen LogP contribution in [0, 0.1) is 0 Å². The van der Waals surface area contributed by atoms with Gasteiger partial charge in [0.2, 0.25) is 10.0 Å². The summed E-state index contributed by atoms with van der Waals surface area (Å²) in [5, 5.41) is 0.558. The molecule has 1 aliphatic heterocycles. The average molecular weight is 350 g/mol. The standard InChI is InChI=1S/C14H17Cl2NO3S/c1-10(18)6-13-4-2-3-5-17(13)21(19,20)14-8-11(15)7-12(16)9-14/h7-9,13H,2-6H2,1H3. The lowest BCUT2D eigenvalue weighted by Crippen LogP contribution is -2.44. The van der Waals surface area contributed by atoms with Crippen LogP contribution in [0.4, 0.5) is 0 Å². The summed E-state index contributed by atoms with van der Waals surface area (Å²) in [4.78, 5) is 11.4. The Morgan fingerprint density at radius 3 is 2.43 bits per heavy atom. The molecule has 1 aliphatic rings. The van der Waals surface area contributed by atoms with Gasteiger partial charge in [-0.1, -0.05) is 29.6 Å². The predicted molar refractivity (Wildman–Crippen MR) is 83.3 cm³/mol. The van der Waals surface area contributed by atoms with E-state index in [0.29, 0.717) is 13.0 Å². The first-order chi connectivity index (χ1) is 9.80. The molecule has 0 bridgehead atoms. The van der Waals surface area contributed by atoms with Crippen molar-refractivity contribution in [2.24, 2.45) is 0 Å². The van der Waals surface area contributed by atoms with E-state index < -0.39 is 10.0 Å². The van der Waals surface area contributed by atoms with Gasteiger partial charge in [0.25, 0.3) is 0 Å². The Bertz CT molecular complexity index is 625. The van der Waals surface area contributed by atoms with Crippen molar-refractivity contribution in [1.29, 1.82) is 0 Å². The number of ketones is 1. The second-order valence-corrected chi connectivity index (χ2v) is 8.04. The lowest BCUT2D eigenvalue weighted by Gasteiger charge is -2.34. The molecule has 0 N–H and O–H groups in total. The fraction of sp³-hybridized carbons (Fsp3) is 0.500. The van der Waals surface area contributed by atoms with Gasteiger partial charge in [-0.25, -0.2) is 8.42 Å². The van der Waals surface area contributed by atoms with E-state index in [9.17, 15) is 13.2 Å². The highest BCUT2D eigenvalue weighted by molar-refractivity contribution is 7.89. The van der Waals surface area contributed by atoms with Crippen LogP contribution in [0.5, 0.6) is 0 Å². The maximum atomic E-state index is 12.8. The SMILES string of the molecule is CC(=O)CC1CCCCN1S(=O)(=O)c1cc(Cl)cc(Cl)c1. The molecule has 0 amide bonds. The van der Waals surface area contributed by atoms with E-state index in [1.165, 1.54) is 29.4 Å². The minimum absolute atomic E-state index is 0.00812. The summed E-state index contributed by atoms with van der Waals surface area (Å²) in [5.74, 6) is -0.00812. The molecule has 21 heavy (non-hydrogen) atoms. The molecule has 1 aromatic carbocycles. The number of hydrogen-bond acceptors (Lipinski definition) is 3. The molecule has 1 unspecified atom stereocenters. The summed E-state index contributed by atoms with van der Waals surface area (Å²) in [6.45, 7) is 1.90. The molecule has 1 heterocycles. The topological polar surface area (TPSA) is 54.5 Å². The molecule has 7 heteroatoms. The normalized spacial score (nSPS) is 20.4. The highest BCUT2D eigenvalue weighted by Gasteiger charge is 2.34. The second-order valence-electron chi connectivity index (χ2n) is 5.28. The lowest BCUT2D eigenvalue weighted by atomic mass is 10.0. The van der Waals surface area contributed by atoms with Crippen LogP contribution in [0.1, 0.15) is 32.6 Å². The molecule has 4 nitrogen and oxygen atoms in total. The van der Waals surface area contributed by atoms with Gasteiger partial charge in [0.05, 0.1) is 4.90 Å². The summed E-state index contributed by atoms with van der Waals surface area (Å²) in [6.07, 6.45) is 2.67. The Kier molecular flexibility index (Phi) is 5.30. The van der Waals surface area contributed by atoms with Gasteiger partial charge in [-0.2, -0.15) is 4.31 Å². The third-order valence-electron chi connectivity index (χ3n) is 3.54. The Morgan fingerprint density at radius 2 is 1.86 bits per heavy atom. The molecule has 0 radical (unpaired) electrons. The smallest absolute Gasteiger partial charge is 0.243 e. The molecular formula is C14H17Cl2NO3S. The summed E-state index contributed by atoms with van der Waals surface area (Å²) in [6, 6.07) is 3.99. The van der Waals surface area contributed by atoms with Crippen molar-refractivity contribution >= 4 is 39.0 Å². The number of carbonyl (C=O) groups is 1. The zero-order valence-corrected chi connectivity index (χ0v) is 14.0. The Hall–Kier alpha value is -0.620. The van der Waals surface area contributed by atoms with Crippen molar-refractivity contribution in [2.45, 2.75) is 43.5 Å². The first-order valence-electron chi connectivity index (χ1n) is 6.78. The van der Waals surface area contributed by atoms with E-state index in [-0.39, 0.29) is 33.2 Å². The minimum Gasteiger partial charge on any atom is -0.300 e. The molecule has 0 spiro atoms. The number of Topliss-reactive ketones (excluding diaryl/α,β-unsaturated/α-hetero) is 1. The van der Waals surface area contributed by atoms with Crippen LogP contribution in [0.25, 0.3) is 0 Å². The largest absolute Gasteiger partial charge is 0.300 e. The van der Waals surface area contributed by atoms with Crippen molar-refractivity contribution < 1.29 is 13.2 Å². The molecule has 1 saturated heterocycles. The van der Waals surface area contributed by atoms with E-state index in [2.05, 4.69) is 0 Å². The highest BCUT2D eigenvalue weighted by atomic mass is 35.5. The van der Waals surface area contributed by atoms with Crippen LogP contribution in [0.3, 0.4) is 0 Å². The number of sulfonamides is 1. The second kappa shape index (κ2) is 6.65. The van der Waals surface area contributed by atoms with Crippen molar-refractivity contribution in [3.63, 3.8) is 0 Å². The van der Waals surface area contributed by atoms with Crippen LogP contribution in [0.2, 0.25) is 10.0 Å². The fourth-order valence-corrected chi connectivity index (χ4v) is 5.06. The van der Waals surface area contributed by atoms with Gasteiger partial charge in [-0.3, -0.25) is 4.79 Å². The number of benzene rings is 1. The van der Waals surface area contributed by atoms with Crippen molar-refractivity contribution in [2.75, 3.05) is 6.54 Å². The van der Waals surface area contributed by atoms with Crippen LogP contribution >= 0.6 is 23.2 Å². The first kappa shape index (κ1) is 16.7. The van der Waals surface area contributed by atoms with Gasteiger partial charge >= 0.3 is 0 Å². The number of hydrogen-bond donors (Lipinski definition) is 0. The summed E-state index contributed by atoms with van der Waals surface area (Å²) < 4.78 is 27.0. The van der Waals surface area contributed by atoms with Gasteiger partial charge in [-0.15, -0.1) is 0 Å². The van der Waals surface area contributed by atoms with Gasteiger partial charge < -0.3 is 0 Å². The van der Waals surface area contributed by atoms with Crippen molar-refractivity contribution in [3.05, 3.63) is 28.2 Å². The Labute approximate surface area is 135 Å². The molecule has 0 saturated carbocycles. The summed E-state index contributed by atoms with van der Waals surface area (Å²) >= 11 is 11.8. The number of rotatable bonds is 4. The zero-order chi connectivity index (χ0) is 15.6. The Morgan fingerprint density at radius 1 is 1.24 bits per heavy atom. The molecule has 1 atom stereocenters. The fourth-order valence-electron chi connectivity index (χ4n) is 2.64. The number of piperidine rings is 1. The zero-order valence-electron chi connectivity index (χ0n) is 11.7. The van der Waals surface area contributed by atoms with Crippen LogP contribution in [0.15, 0.2) is 23.1 Å². The van der Waals surface area contributed by atoms with Gasteiger partial charge in [-0.05, 0) is 38.0 Å². The third-order valence-corrected chi connectivity index (χ3v) is 5.90. The number of halogens is 2. The van der Waals surface area contributed by atoms with Crippen LogP contribution < -0.4 is 0 Å². The number of nitrogens with zero attached hydrogens (tertiary/aromatic N) is 1. The predicted octanol–water partition coefficient (Wildman–Crippen LogP) is 3.52. The van der Waals surface area contributed by atoms with E-state index in [0.717, 1.165) is 12.8 Å². The lowest BCUT2D eigenvalue weighted by molar-refractivity contribution is -0.118. The van der Waals surface area contributed by atoms with E-state index in [1.807, 2.05) is 0 Å². The Balaban J connectivity index is 2.37. The van der Waals surface area contributed by atoms with Crippen LogP contribution in [-0.2, 0) is 14.8 Å². The van der Waals surface area contributed by atoms with E-state index in [4.69, 9.17) is 23.2 Å². The molecular weight excluding hydrogens is 333 g/mol. The van der Waals surface area contributed by atoms with Gasteiger partial charge in [0.1, 0.15) is 5.78 Å². The van der Waals surface area contributed by atoms with Gasteiger partial charge in [0.15, 0.2) is 0 Å². The molecule has 116 valence electrons. The summed E-state index contributed by atoms with van der Waals surface area (Å²) in [7, 11) is -3.69. The molecule has 2 rings (SSSR count). The average Bonchev–Trinajstić information content (AvgIpc) is 2.37. The first-order valence-corrected chi connectivity index (χ1v) is 8.97. The monoisotopic (exact) mass is 349 g/mol. The molecule has 1 fully saturated rings. The molecule has 0 aliphatic carbocycles. The van der Waals surface area contributed by atoms with E-state index in [1.54, 1.807) is 0 Å². The maximum Gasteiger partial charge on any atom is 0.243 e. The number of carbonyl (C=O) groups excluding carboxylic acids is 1. The van der Waals surface area contributed by atoms with E-state index >= 15 is 0 Å².